The molecule has 0 saturated carbocycles. The fourth-order valence-electron chi connectivity index (χ4n) is 2.82. The standard InChI is InChI=1S/C21H16IN3O2/c1-12-2-5-17-18(8-12)25-21(24-17)16-10-15(4-7-20(16)27)23-11-13-9-14(22)3-6-19(13)26/h2-11,26-27H,1H3,(H,24,25). The number of aromatic nitrogens is 2. The number of halogens is 1. The maximum Gasteiger partial charge on any atom is 0.142 e. The van der Waals surface area contributed by atoms with Crippen molar-refractivity contribution in [3.8, 4) is 22.9 Å². The minimum Gasteiger partial charge on any atom is -0.507 e. The molecule has 0 bridgehead atoms. The fraction of sp³-hybridized carbons (Fsp3) is 0.0476. The number of phenols is 2. The van der Waals surface area contributed by atoms with Gasteiger partial charge in [-0.2, -0.15) is 0 Å². The van der Waals surface area contributed by atoms with Crippen LogP contribution in [-0.4, -0.2) is 26.4 Å². The van der Waals surface area contributed by atoms with Crippen molar-refractivity contribution in [2.75, 3.05) is 0 Å². The van der Waals surface area contributed by atoms with E-state index in [1.165, 1.54) is 0 Å². The molecule has 4 rings (SSSR count). The molecule has 0 aliphatic carbocycles. The van der Waals surface area contributed by atoms with Crippen LogP contribution in [0.15, 0.2) is 59.6 Å². The van der Waals surface area contributed by atoms with Gasteiger partial charge >= 0.3 is 0 Å². The van der Waals surface area contributed by atoms with Crippen molar-refractivity contribution in [1.82, 2.24) is 9.97 Å². The van der Waals surface area contributed by atoms with Gasteiger partial charge in [-0.25, -0.2) is 4.98 Å². The quantitative estimate of drug-likeness (QED) is 0.281. The third-order valence-electron chi connectivity index (χ3n) is 4.21. The van der Waals surface area contributed by atoms with Crippen molar-refractivity contribution in [3.05, 3.63) is 69.3 Å². The lowest BCUT2D eigenvalue weighted by Gasteiger charge is -2.03. The molecule has 0 saturated heterocycles. The number of nitrogens with one attached hydrogen (secondary N) is 1. The number of nitrogens with zero attached hydrogens (tertiary/aromatic N) is 2. The summed E-state index contributed by atoms with van der Waals surface area (Å²) in [5.41, 5.74) is 4.76. The Kier molecular flexibility index (Phi) is 4.57. The molecule has 0 aliphatic heterocycles. The van der Waals surface area contributed by atoms with Crippen molar-refractivity contribution in [1.29, 1.82) is 0 Å². The molecule has 0 fully saturated rings. The second kappa shape index (κ2) is 7.03. The van der Waals surface area contributed by atoms with E-state index in [9.17, 15) is 10.2 Å². The summed E-state index contributed by atoms with van der Waals surface area (Å²) >= 11 is 2.18. The Labute approximate surface area is 169 Å². The molecule has 1 heterocycles. The molecule has 3 aromatic carbocycles. The van der Waals surface area contributed by atoms with Crippen LogP contribution in [0.25, 0.3) is 22.4 Å². The van der Waals surface area contributed by atoms with E-state index >= 15 is 0 Å². The Morgan fingerprint density at radius 1 is 1.00 bits per heavy atom. The first-order chi connectivity index (χ1) is 13.0. The van der Waals surface area contributed by atoms with Crippen molar-refractivity contribution in [2.45, 2.75) is 6.92 Å². The molecule has 0 spiro atoms. The predicted molar refractivity (Wildman–Crippen MR) is 116 cm³/mol. The number of aryl methyl sites for hydroxylation is 1. The number of imidazole rings is 1. The summed E-state index contributed by atoms with van der Waals surface area (Å²) in [7, 11) is 0. The average Bonchev–Trinajstić information content (AvgIpc) is 3.06. The van der Waals surface area contributed by atoms with Crippen molar-refractivity contribution in [3.63, 3.8) is 0 Å². The van der Waals surface area contributed by atoms with Crippen LogP contribution in [-0.2, 0) is 0 Å². The van der Waals surface area contributed by atoms with Gasteiger partial charge < -0.3 is 15.2 Å². The second-order valence-corrected chi connectivity index (χ2v) is 7.51. The van der Waals surface area contributed by atoms with Gasteiger partial charge in [-0.05, 0) is 83.6 Å². The molecule has 27 heavy (non-hydrogen) atoms. The van der Waals surface area contributed by atoms with Crippen LogP contribution in [0.3, 0.4) is 0 Å². The van der Waals surface area contributed by atoms with Crippen molar-refractivity contribution in [2.24, 2.45) is 4.99 Å². The highest BCUT2D eigenvalue weighted by molar-refractivity contribution is 14.1. The van der Waals surface area contributed by atoms with E-state index in [0.717, 1.165) is 20.2 Å². The molecule has 1 aromatic heterocycles. The van der Waals surface area contributed by atoms with E-state index < -0.39 is 0 Å². The van der Waals surface area contributed by atoms with Gasteiger partial charge in [0.2, 0.25) is 0 Å². The molecule has 0 amide bonds. The highest BCUT2D eigenvalue weighted by Gasteiger charge is 2.11. The number of hydrogen-bond acceptors (Lipinski definition) is 4. The van der Waals surface area contributed by atoms with E-state index in [-0.39, 0.29) is 11.5 Å². The molecule has 0 radical (unpaired) electrons. The summed E-state index contributed by atoms with van der Waals surface area (Å²) in [4.78, 5) is 12.2. The fourth-order valence-corrected chi connectivity index (χ4v) is 3.33. The molecule has 0 atom stereocenters. The zero-order chi connectivity index (χ0) is 19.0. The number of aliphatic imine (C=N–C) groups is 1. The van der Waals surface area contributed by atoms with Gasteiger partial charge in [-0.3, -0.25) is 4.99 Å². The number of aromatic amines is 1. The molecular formula is C21H16IN3O2. The van der Waals surface area contributed by atoms with Gasteiger partial charge in [0.05, 0.1) is 22.3 Å². The highest BCUT2D eigenvalue weighted by Crippen LogP contribution is 2.32. The Morgan fingerprint density at radius 2 is 1.81 bits per heavy atom. The van der Waals surface area contributed by atoms with Gasteiger partial charge in [0, 0.05) is 15.3 Å². The van der Waals surface area contributed by atoms with Gasteiger partial charge in [0.1, 0.15) is 17.3 Å². The number of hydrogen-bond donors (Lipinski definition) is 3. The molecule has 134 valence electrons. The summed E-state index contributed by atoms with van der Waals surface area (Å²) in [6.45, 7) is 2.02. The van der Waals surface area contributed by atoms with Crippen molar-refractivity contribution < 1.29 is 10.2 Å². The number of benzene rings is 3. The summed E-state index contributed by atoms with van der Waals surface area (Å²) in [5, 5.41) is 20.2. The first-order valence-corrected chi connectivity index (χ1v) is 9.40. The van der Waals surface area contributed by atoms with Gasteiger partial charge in [0.15, 0.2) is 0 Å². The zero-order valence-corrected chi connectivity index (χ0v) is 16.6. The lowest BCUT2D eigenvalue weighted by Crippen LogP contribution is -1.85. The number of rotatable bonds is 3. The Bertz CT molecular complexity index is 1180. The maximum atomic E-state index is 10.3. The second-order valence-electron chi connectivity index (χ2n) is 6.27. The van der Waals surface area contributed by atoms with Crippen LogP contribution >= 0.6 is 22.6 Å². The van der Waals surface area contributed by atoms with Crippen LogP contribution in [0.2, 0.25) is 0 Å². The molecular weight excluding hydrogens is 453 g/mol. The lowest BCUT2D eigenvalue weighted by atomic mass is 10.1. The van der Waals surface area contributed by atoms with Crippen LogP contribution in [0.1, 0.15) is 11.1 Å². The smallest absolute Gasteiger partial charge is 0.142 e. The van der Waals surface area contributed by atoms with Gasteiger partial charge in [-0.15, -0.1) is 0 Å². The topological polar surface area (TPSA) is 81.5 Å². The van der Waals surface area contributed by atoms with E-state index in [1.54, 1.807) is 30.5 Å². The normalized spacial score (nSPS) is 11.5. The van der Waals surface area contributed by atoms with Crippen LogP contribution in [0.4, 0.5) is 5.69 Å². The van der Waals surface area contributed by atoms with Gasteiger partial charge in [0.25, 0.3) is 0 Å². The minimum atomic E-state index is 0.127. The third kappa shape index (κ3) is 3.66. The first-order valence-electron chi connectivity index (χ1n) is 8.32. The number of phenolic OH excluding ortho intramolecular Hbond substituents is 2. The van der Waals surface area contributed by atoms with E-state index in [4.69, 9.17) is 0 Å². The van der Waals surface area contributed by atoms with E-state index in [2.05, 4.69) is 37.6 Å². The summed E-state index contributed by atoms with van der Waals surface area (Å²) in [5.74, 6) is 0.884. The minimum absolute atomic E-state index is 0.127. The van der Waals surface area contributed by atoms with Crippen LogP contribution in [0.5, 0.6) is 11.5 Å². The lowest BCUT2D eigenvalue weighted by molar-refractivity contribution is 0.474. The molecule has 3 N–H and O–H groups in total. The molecule has 0 unspecified atom stereocenters. The Balaban J connectivity index is 1.72. The van der Waals surface area contributed by atoms with Crippen LogP contribution in [0, 0.1) is 10.5 Å². The predicted octanol–water partition coefficient (Wildman–Crippen LogP) is 5.30. The van der Waals surface area contributed by atoms with Gasteiger partial charge in [-0.1, -0.05) is 6.07 Å². The highest BCUT2D eigenvalue weighted by atomic mass is 127. The summed E-state index contributed by atoms with van der Waals surface area (Å²) < 4.78 is 1.01. The molecule has 5 nitrogen and oxygen atoms in total. The maximum absolute atomic E-state index is 10.3. The molecule has 0 aliphatic rings. The zero-order valence-electron chi connectivity index (χ0n) is 14.4. The SMILES string of the molecule is Cc1ccc2nc(-c3cc(N=Cc4cc(I)ccc4O)ccc3O)[nH]c2c1. The van der Waals surface area contributed by atoms with E-state index in [0.29, 0.717) is 22.6 Å². The number of aromatic hydroxyl groups is 2. The largest absolute Gasteiger partial charge is 0.507 e. The van der Waals surface area contributed by atoms with Crippen molar-refractivity contribution >= 4 is 45.5 Å². The third-order valence-corrected chi connectivity index (χ3v) is 4.89. The average molecular weight is 469 g/mol. The van der Waals surface area contributed by atoms with Crippen LogP contribution < -0.4 is 0 Å². The molecule has 4 aromatic rings. The number of fused-ring (bicyclic) bond motifs is 1. The first kappa shape index (κ1) is 17.5. The Morgan fingerprint density at radius 3 is 2.67 bits per heavy atom. The monoisotopic (exact) mass is 469 g/mol. The number of H-pyrrole nitrogens is 1. The Hall–Kier alpha value is -2.87. The molecule has 6 heteroatoms. The summed E-state index contributed by atoms with van der Waals surface area (Å²) in [6, 6.07) is 16.4. The van der Waals surface area contributed by atoms with E-state index in [1.807, 2.05) is 37.3 Å². The summed E-state index contributed by atoms with van der Waals surface area (Å²) in [6.07, 6.45) is 1.61.